The Balaban J connectivity index is 2.75. The quantitative estimate of drug-likeness (QED) is 0.541. The van der Waals surface area contributed by atoms with Gasteiger partial charge in [0.2, 0.25) is 0 Å². The van der Waals surface area contributed by atoms with Crippen LogP contribution in [0, 0.1) is 17.8 Å². The van der Waals surface area contributed by atoms with Crippen molar-refractivity contribution in [2.45, 2.75) is 13.3 Å². The molecule has 1 atom stereocenters. The lowest BCUT2D eigenvalue weighted by molar-refractivity contribution is -0.143. The molecule has 15 heavy (non-hydrogen) atoms. The van der Waals surface area contributed by atoms with E-state index in [-0.39, 0.29) is 11.9 Å². The summed E-state index contributed by atoms with van der Waals surface area (Å²) in [6.07, 6.45) is 4.00. The number of carbonyl (C=O) groups excluding carboxylic acids is 1. The lowest BCUT2D eigenvalue weighted by Gasteiger charge is -2.03. The molecule has 0 aromatic carbocycles. The molecular weight excluding hydrogens is 190 g/mol. The second-order valence-corrected chi connectivity index (χ2v) is 3.00. The maximum Gasteiger partial charge on any atom is 0.320 e. The molecule has 1 rings (SSSR count). The van der Waals surface area contributed by atoms with Crippen molar-refractivity contribution in [3.05, 3.63) is 30.1 Å². The summed E-state index contributed by atoms with van der Waals surface area (Å²) in [5, 5.41) is 0. The van der Waals surface area contributed by atoms with Gasteiger partial charge in [0.1, 0.15) is 5.92 Å². The normalized spacial score (nSPS) is 11.1. The largest absolute Gasteiger partial charge is 0.468 e. The Labute approximate surface area is 89.5 Å². The van der Waals surface area contributed by atoms with Crippen LogP contribution in [0.2, 0.25) is 0 Å². The smallest absolute Gasteiger partial charge is 0.320 e. The van der Waals surface area contributed by atoms with Crippen molar-refractivity contribution in [3.63, 3.8) is 0 Å². The van der Waals surface area contributed by atoms with Gasteiger partial charge in [0.05, 0.1) is 7.11 Å². The van der Waals surface area contributed by atoms with Gasteiger partial charge in [-0.05, 0) is 18.6 Å². The Bertz CT molecular complexity index is 376. The first-order valence-electron chi connectivity index (χ1n) is 4.77. The molecule has 0 radical (unpaired) electrons. The van der Waals surface area contributed by atoms with Gasteiger partial charge in [0.15, 0.2) is 0 Å². The molecule has 0 aliphatic carbocycles. The lowest BCUT2D eigenvalue weighted by Crippen LogP contribution is -2.13. The van der Waals surface area contributed by atoms with Crippen molar-refractivity contribution in [3.8, 4) is 11.8 Å². The highest BCUT2D eigenvalue weighted by atomic mass is 16.5. The zero-order chi connectivity index (χ0) is 11.1. The van der Waals surface area contributed by atoms with Gasteiger partial charge in [-0.15, -0.1) is 0 Å². The molecule has 0 saturated heterocycles. The van der Waals surface area contributed by atoms with Crippen LogP contribution in [0.5, 0.6) is 0 Å². The second kappa shape index (κ2) is 5.82. The first-order valence-corrected chi connectivity index (χ1v) is 4.77. The van der Waals surface area contributed by atoms with Gasteiger partial charge in [-0.3, -0.25) is 9.78 Å². The molecule has 1 aromatic heterocycles. The van der Waals surface area contributed by atoms with Crippen LogP contribution in [0.15, 0.2) is 24.5 Å². The minimum Gasteiger partial charge on any atom is -0.468 e. The molecule has 0 bridgehead atoms. The third-order valence-corrected chi connectivity index (χ3v) is 1.95. The average molecular weight is 203 g/mol. The number of carbonyl (C=O) groups is 1. The Morgan fingerprint density at radius 3 is 3.00 bits per heavy atom. The molecule has 78 valence electrons. The van der Waals surface area contributed by atoms with E-state index in [0.29, 0.717) is 6.42 Å². The summed E-state index contributed by atoms with van der Waals surface area (Å²) in [5.74, 6) is 5.13. The number of hydrogen-bond acceptors (Lipinski definition) is 3. The number of pyridine rings is 1. The van der Waals surface area contributed by atoms with Gasteiger partial charge in [-0.1, -0.05) is 18.8 Å². The molecular formula is C12H13NO2. The van der Waals surface area contributed by atoms with Gasteiger partial charge >= 0.3 is 5.97 Å². The number of hydrogen-bond donors (Lipinski definition) is 0. The Hall–Kier alpha value is -1.82. The van der Waals surface area contributed by atoms with Gasteiger partial charge in [-0.25, -0.2) is 0 Å². The van der Waals surface area contributed by atoms with Crippen LogP contribution in [-0.2, 0) is 9.53 Å². The summed E-state index contributed by atoms with van der Waals surface area (Å²) >= 11 is 0. The second-order valence-electron chi connectivity index (χ2n) is 3.00. The van der Waals surface area contributed by atoms with E-state index in [0.717, 1.165) is 5.56 Å². The Morgan fingerprint density at radius 2 is 2.47 bits per heavy atom. The van der Waals surface area contributed by atoms with E-state index >= 15 is 0 Å². The molecule has 1 unspecified atom stereocenters. The van der Waals surface area contributed by atoms with Crippen LogP contribution in [0.3, 0.4) is 0 Å². The summed E-state index contributed by atoms with van der Waals surface area (Å²) in [6, 6.07) is 3.66. The van der Waals surface area contributed by atoms with Crippen LogP contribution < -0.4 is 0 Å². The highest BCUT2D eigenvalue weighted by Gasteiger charge is 2.12. The molecule has 0 saturated carbocycles. The number of ether oxygens (including phenoxy) is 1. The minimum atomic E-state index is -0.352. The van der Waals surface area contributed by atoms with Gasteiger partial charge < -0.3 is 4.74 Å². The van der Waals surface area contributed by atoms with E-state index in [4.69, 9.17) is 0 Å². The van der Waals surface area contributed by atoms with Crippen molar-refractivity contribution in [2.75, 3.05) is 7.11 Å². The topological polar surface area (TPSA) is 39.2 Å². The van der Waals surface area contributed by atoms with Gasteiger partial charge in [0.25, 0.3) is 0 Å². The summed E-state index contributed by atoms with van der Waals surface area (Å²) in [7, 11) is 1.37. The van der Waals surface area contributed by atoms with Crippen molar-refractivity contribution in [2.24, 2.45) is 5.92 Å². The number of rotatable bonds is 2. The number of methoxy groups -OCH3 is 1. The SMILES string of the molecule is CCC(C#Cc1cccnc1)C(=O)OC. The standard InChI is InChI=1S/C12H13NO2/c1-3-11(12(14)15-2)7-6-10-5-4-8-13-9-10/h4-5,8-9,11H,3H2,1-2H3. The van der Waals surface area contributed by atoms with E-state index in [2.05, 4.69) is 21.6 Å². The van der Waals surface area contributed by atoms with E-state index in [1.54, 1.807) is 12.4 Å². The molecule has 1 aromatic rings. The summed E-state index contributed by atoms with van der Waals surface area (Å²) in [6.45, 7) is 1.90. The molecule has 0 amide bonds. The van der Waals surface area contributed by atoms with E-state index in [1.165, 1.54) is 7.11 Å². The van der Waals surface area contributed by atoms with Gasteiger partial charge in [0, 0.05) is 18.0 Å². The number of nitrogens with zero attached hydrogens (tertiary/aromatic N) is 1. The van der Waals surface area contributed by atoms with Crippen LogP contribution >= 0.6 is 0 Å². The maximum atomic E-state index is 11.2. The predicted octanol–water partition coefficient (Wildman–Crippen LogP) is 1.63. The molecule has 0 fully saturated rings. The predicted molar refractivity (Wildman–Crippen MR) is 56.9 cm³/mol. The fourth-order valence-electron chi connectivity index (χ4n) is 1.08. The zero-order valence-corrected chi connectivity index (χ0v) is 8.86. The monoisotopic (exact) mass is 203 g/mol. The lowest BCUT2D eigenvalue weighted by atomic mass is 10.1. The van der Waals surface area contributed by atoms with Crippen LogP contribution in [0.1, 0.15) is 18.9 Å². The Kier molecular flexibility index (Phi) is 4.36. The van der Waals surface area contributed by atoms with Crippen molar-refractivity contribution >= 4 is 5.97 Å². The van der Waals surface area contributed by atoms with Crippen molar-refractivity contribution < 1.29 is 9.53 Å². The highest BCUT2D eigenvalue weighted by Crippen LogP contribution is 2.03. The van der Waals surface area contributed by atoms with Crippen molar-refractivity contribution in [1.29, 1.82) is 0 Å². The van der Waals surface area contributed by atoms with Gasteiger partial charge in [-0.2, -0.15) is 0 Å². The van der Waals surface area contributed by atoms with Crippen molar-refractivity contribution in [1.82, 2.24) is 4.98 Å². The molecule has 3 nitrogen and oxygen atoms in total. The summed E-state index contributed by atoms with van der Waals surface area (Å²) in [4.78, 5) is 15.2. The third-order valence-electron chi connectivity index (χ3n) is 1.95. The third kappa shape index (κ3) is 3.43. The Morgan fingerprint density at radius 1 is 1.67 bits per heavy atom. The zero-order valence-electron chi connectivity index (χ0n) is 8.86. The maximum absolute atomic E-state index is 11.2. The molecule has 0 aliphatic heterocycles. The number of aromatic nitrogens is 1. The molecule has 0 N–H and O–H groups in total. The fraction of sp³-hybridized carbons (Fsp3) is 0.333. The first-order chi connectivity index (χ1) is 7.27. The van der Waals surface area contributed by atoms with Crippen LogP contribution in [0.25, 0.3) is 0 Å². The van der Waals surface area contributed by atoms with Crippen LogP contribution in [-0.4, -0.2) is 18.1 Å². The molecule has 0 aliphatic rings. The average Bonchev–Trinajstić information content (AvgIpc) is 2.31. The molecule has 3 heteroatoms. The van der Waals surface area contributed by atoms with E-state index in [9.17, 15) is 4.79 Å². The number of esters is 1. The van der Waals surface area contributed by atoms with E-state index < -0.39 is 0 Å². The first kappa shape index (κ1) is 11.3. The molecule has 0 spiro atoms. The highest BCUT2D eigenvalue weighted by molar-refractivity contribution is 5.75. The minimum absolute atomic E-state index is 0.283. The fourth-order valence-corrected chi connectivity index (χ4v) is 1.08. The summed E-state index contributed by atoms with van der Waals surface area (Å²) < 4.78 is 4.63. The van der Waals surface area contributed by atoms with Crippen LogP contribution in [0.4, 0.5) is 0 Å². The van der Waals surface area contributed by atoms with E-state index in [1.807, 2.05) is 19.1 Å². The summed E-state index contributed by atoms with van der Waals surface area (Å²) in [5.41, 5.74) is 0.805. The molecule has 1 heterocycles.